The van der Waals surface area contributed by atoms with Crippen LogP contribution in [0.2, 0.25) is 19.6 Å². The number of rotatable bonds is 3. The zero-order valence-corrected chi connectivity index (χ0v) is 11.1. The van der Waals surface area contributed by atoms with Crippen molar-refractivity contribution in [3.05, 3.63) is 28.2 Å². The second-order valence-corrected chi connectivity index (χ2v) is 9.30. The van der Waals surface area contributed by atoms with Crippen LogP contribution in [0.25, 0.3) is 0 Å². The molecule has 0 bridgehead atoms. The van der Waals surface area contributed by atoms with Gasteiger partial charge in [0.15, 0.2) is 6.29 Å². The molecular weight excluding hydrogens is 260 g/mol. The monoisotopic (exact) mass is 272 g/mol. The Bertz CT molecular complexity index is 344. The molecule has 0 aliphatic heterocycles. The van der Waals surface area contributed by atoms with Crippen molar-refractivity contribution < 1.29 is 9.22 Å². The van der Waals surface area contributed by atoms with E-state index in [4.69, 9.17) is 4.43 Å². The Morgan fingerprint density at radius 3 is 2.50 bits per heavy atom. The predicted octanol–water partition coefficient (Wildman–Crippen LogP) is 3.48. The summed E-state index contributed by atoms with van der Waals surface area (Å²) in [5.41, 5.74) is 0.626. The van der Waals surface area contributed by atoms with E-state index in [-0.39, 0.29) is 0 Å². The lowest BCUT2D eigenvalue weighted by Gasteiger charge is -2.19. The molecule has 4 heteroatoms. The molecule has 0 aliphatic rings. The van der Waals surface area contributed by atoms with Gasteiger partial charge in [-0.15, -0.1) is 0 Å². The first kappa shape index (κ1) is 11.5. The summed E-state index contributed by atoms with van der Waals surface area (Å²) in [7, 11) is -1.58. The van der Waals surface area contributed by atoms with Crippen molar-refractivity contribution in [2.24, 2.45) is 0 Å². The molecule has 76 valence electrons. The third-order valence-electron chi connectivity index (χ3n) is 1.52. The first-order chi connectivity index (χ1) is 6.42. The molecule has 0 unspecified atom stereocenters. The van der Waals surface area contributed by atoms with Gasteiger partial charge in [-0.1, -0.05) is 15.9 Å². The van der Waals surface area contributed by atoms with Gasteiger partial charge in [0, 0.05) is 10.0 Å². The van der Waals surface area contributed by atoms with Crippen molar-refractivity contribution in [1.29, 1.82) is 0 Å². The molecule has 1 rings (SSSR count). The lowest BCUT2D eigenvalue weighted by Crippen LogP contribution is -2.29. The quantitative estimate of drug-likeness (QED) is 0.622. The van der Waals surface area contributed by atoms with E-state index < -0.39 is 8.32 Å². The second kappa shape index (κ2) is 4.27. The van der Waals surface area contributed by atoms with Gasteiger partial charge in [-0.2, -0.15) is 0 Å². The number of benzene rings is 1. The number of carbonyl (C=O) groups excluding carboxylic acids is 1. The topological polar surface area (TPSA) is 26.3 Å². The lowest BCUT2D eigenvalue weighted by molar-refractivity contribution is 0.112. The first-order valence-electron chi connectivity index (χ1n) is 4.36. The normalized spacial score (nSPS) is 11.1. The van der Waals surface area contributed by atoms with Gasteiger partial charge in [0.05, 0.1) is 0 Å². The lowest BCUT2D eigenvalue weighted by atomic mass is 10.2. The molecule has 0 heterocycles. The Morgan fingerprint density at radius 2 is 2.00 bits per heavy atom. The Balaban J connectivity index is 2.95. The standard InChI is InChI=1S/C10H13BrO2Si/c1-14(2,3)13-9-4-5-10(11)8(6-9)7-12/h4-7H,1-3H3. The molecule has 0 aromatic heterocycles. The van der Waals surface area contributed by atoms with Crippen molar-refractivity contribution in [1.82, 2.24) is 0 Å². The smallest absolute Gasteiger partial charge is 0.242 e. The van der Waals surface area contributed by atoms with Gasteiger partial charge in [0.25, 0.3) is 0 Å². The van der Waals surface area contributed by atoms with E-state index in [1.54, 1.807) is 6.07 Å². The predicted molar refractivity (Wildman–Crippen MR) is 63.5 cm³/mol. The fraction of sp³-hybridized carbons (Fsp3) is 0.300. The van der Waals surface area contributed by atoms with Crippen LogP contribution >= 0.6 is 15.9 Å². The molecule has 0 fully saturated rings. The van der Waals surface area contributed by atoms with Crippen LogP contribution in [-0.4, -0.2) is 14.6 Å². The summed E-state index contributed by atoms with van der Waals surface area (Å²) in [4.78, 5) is 10.7. The van der Waals surface area contributed by atoms with E-state index in [1.807, 2.05) is 12.1 Å². The summed E-state index contributed by atoms with van der Waals surface area (Å²) in [6.07, 6.45) is 0.821. The average Bonchev–Trinajstić information content (AvgIpc) is 2.06. The Morgan fingerprint density at radius 1 is 1.36 bits per heavy atom. The van der Waals surface area contributed by atoms with Gasteiger partial charge in [-0.25, -0.2) is 0 Å². The van der Waals surface area contributed by atoms with Crippen LogP contribution in [0.15, 0.2) is 22.7 Å². The molecule has 0 spiro atoms. The molecular formula is C10H13BrO2Si. The van der Waals surface area contributed by atoms with Gasteiger partial charge in [0.2, 0.25) is 8.32 Å². The minimum absolute atomic E-state index is 0.626. The van der Waals surface area contributed by atoms with E-state index in [2.05, 4.69) is 35.6 Å². The molecule has 0 radical (unpaired) electrons. The zero-order chi connectivity index (χ0) is 10.8. The van der Waals surface area contributed by atoms with Crippen LogP contribution in [0.5, 0.6) is 5.75 Å². The molecule has 14 heavy (non-hydrogen) atoms. The summed E-state index contributed by atoms with van der Waals surface area (Å²) >= 11 is 3.29. The van der Waals surface area contributed by atoms with E-state index in [9.17, 15) is 4.79 Å². The maximum absolute atomic E-state index is 10.7. The zero-order valence-electron chi connectivity index (χ0n) is 8.50. The van der Waals surface area contributed by atoms with Crippen LogP contribution in [0.4, 0.5) is 0 Å². The van der Waals surface area contributed by atoms with Crippen molar-refractivity contribution in [2.75, 3.05) is 0 Å². The van der Waals surface area contributed by atoms with Crippen LogP contribution in [0, 0.1) is 0 Å². The second-order valence-electron chi connectivity index (χ2n) is 4.02. The van der Waals surface area contributed by atoms with Crippen molar-refractivity contribution in [3.8, 4) is 5.75 Å². The maximum atomic E-state index is 10.7. The minimum Gasteiger partial charge on any atom is -0.544 e. The van der Waals surface area contributed by atoms with Gasteiger partial charge in [-0.3, -0.25) is 4.79 Å². The number of aldehydes is 1. The molecule has 1 aromatic carbocycles. The number of hydrogen-bond donors (Lipinski definition) is 0. The molecule has 1 aromatic rings. The molecule has 0 saturated heterocycles. The third kappa shape index (κ3) is 3.27. The highest BCUT2D eigenvalue weighted by molar-refractivity contribution is 9.10. The highest BCUT2D eigenvalue weighted by atomic mass is 79.9. The summed E-state index contributed by atoms with van der Waals surface area (Å²) in [6, 6.07) is 5.46. The number of halogens is 1. The summed E-state index contributed by atoms with van der Waals surface area (Å²) in [5, 5.41) is 0. The summed E-state index contributed by atoms with van der Waals surface area (Å²) < 4.78 is 6.56. The largest absolute Gasteiger partial charge is 0.544 e. The van der Waals surface area contributed by atoms with Crippen molar-refractivity contribution in [3.63, 3.8) is 0 Å². The van der Waals surface area contributed by atoms with Crippen LogP contribution in [-0.2, 0) is 0 Å². The number of carbonyl (C=O) groups is 1. The third-order valence-corrected chi connectivity index (χ3v) is 3.09. The Kier molecular flexibility index (Phi) is 3.50. The molecule has 0 saturated carbocycles. The molecule has 0 aliphatic carbocycles. The van der Waals surface area contributed by atoms with Gasteiger partial charge in [0.1, 0.15) is 5.75 Å². The molecule has 0 amide bonds. The van der Waals surface area contributed by atoms with Crippen LogP contribution < -0.4 is 4.43 Å². The van der Waals surface area contributed by atoms with E-state index >= 15 is 0 Å². The van der Waals surface area contributed by atoms with E-state index in [1.165, 1.54) is 0 Å². The van der Waals surface area contributed by atoms with Gasteiger partial charge >= 0.3 is 0 Å². The van der Waals surface area contributed by atoms with Crippen molar-refractivity contribution >= 4 is 30.5 Å². The Labute approximate surface area is 93.5 Å². The fourth-order valence-electron chi connectivity index (χ4n) is 1.03. The summed E-state index contributed by atoms with van der Waals surface area (Å²) in [5.74, 6) is 0.773. The van der Waals surface area contributed by atoms with Gasteiger partial charge < -0.3 is 4.43 Å². The van der Waals surface area contributed by atoms with E-state index in [0.29, 0.717) is 5.56 Å². The number of hydrogen-bond acceptors (Lipinski definition) is 2. The maximum Gasteiger partial charge on any atom is 0.242 e. The minimum atomic E-state index is -1.58. The molecule has 0 atom stereocenters. The van der Waals surface area contributed by atoms with Crippen LogP contribution in [0.1, 0.15) is 10.4 Å². The van der Waals surface area contributed by atoms with E-state index in [0.717, 1.165) is 16.5 Å². The molecule has 0 N–H and O–H groups in total. The highest BCUT2D eigenvalue weighted by Gasteiger charge is 2.16. The van der Waals surface area contributed by atoms with Gasteiger partial charge in [-0.05, 0) is 37.8 Å². The Hall–Kier alpha value is -0.613. The summed E-state index contributed by atoms with van der Waals surface area (Å²) in [6.45, 7) is 6.32. The fourth-order valence-corrected chi connectivity index (χ4v) is 2.20. The van der Waals surface area contributed by atoms with Crippen LogP contribution in [0.3, 0.4) is 0 Å². The highest BCUT2D eigenvalue weighted by Crippen LogP contribution is 2.23. The van der Waals surface area contributed by atoms with Crippen molar-refractivity contribution in [2.45, 2.75) is 19.6 Å². The SMILES string of the molecule is C[Si](C)(C)Oc1ccc(Br)c(C=O)c1. The molecule has 2 nitrogen and oxygen atoms in total. The average molecular weight is 273 g/mol. The first-order valence-corrected chi connectivity index (χ1v) is 8.56.